The van der Waals surface area contributed by atoms with Crippen LogP contribution in [0.15, 0.2) is 77.7 Å². The van der Waals surface area contributed by atoms with Gasteiger partial charge in [0.25, 0.3) is 5.91 Å². The average molecular weight is 575 g/mol. The molecule has 1 saturated heterocycles. The van der Waals surface area contributed by atoms with Crippen LogP contribution in [-0.4, -0.2) is 37.2 Å². The topological polar surface area (TPSA) is 92.8 Å². The van der Waals surface area contributed by atoms with E-state index in [4.69, 9.17) is 4.74 Å². The van der Waals surface area contributed by atoms with Crippen LogP contribution in [0.1, 0.15) is 73.2 Å². The number of ether oxygens (including phenoxy) is 1. The highest BCUT2D eigenvalue weighted by Crippen LogP contribution is 2.53. The number of rotatable bonds is 7. The Morgan fingerprint density at radius 1 is 0.951 bits per heavy atom. The molecule has 7 nitrogen and oxygen atoms in total. The van der Waals surface area contributed by atoms with E-state index in [0.29, 0.717) is 17.8 Å². The number of amides is 1. The molecule has 0 aromatic heterocycles. The highest BCUT2D eigenvalue weighted by Gasteiger charge is 2.53. The van der Waals surface area contributed by atoms with Gasteiger partial charge in [0.15, 0.2) is 0 Å². The van der Waals surface area contributed by atoms with Crippen molar-refractivity contribution in [3.8, 4) is 0 Å². The van der Waals surface area contributed by atoms with E-state index >= 15 is 0 Å². The van der Waals surface area contributed by atoms with Crippen LogP contribution in [0.2, 0.25) is 0 Å². The molecule has 2 fully saturated rings. The molecule has 0 spiro atoms. The summed E-state index contributed by atoms with van der Waals surface area (Å²) in [5, 5.41) is 2.89. The molecule has 0 radical (unpaired) electrons. The number of carbonyl (C=O) groups is 2. The maximum atomic E-state index is 13.8. The Labute approximate surface area is 243 Å². The number of nitrogens with one attached hydrogen (secondary N) is 1. The molecule has 1 saturated carbocycles. The summed E-state index contributed by atoms with van der Waals surface area (Å²) < 4.78 is 35.1. The second-order valence-electron chi connectivity index (χ2n) is 12.8. The molecule has 2 bridgehead atoms. The maximum Gasteiger partial charge on any atom is 0.339 e. The molecule has 41 heavy (non-hydrogen) atoms. The van der Waals surface area contributed by atoms with Crippen LogP contribution in [-0.2, 0) is 19.6 Å². The van der Waals surface area contributed by atoms with Gasteiger partial charge in [-0.2, -0.15) is 4.31 Å². The van der Waals surface area contributed by atoms with E-state index in [1.807, 2.05) is 38.1 Å². The number of carbonyl (C=O) groups excluding carboxylic acids is 2. The molecular weight excluding hydrogens is 536 g/mol. The highest BCUT2D eigenvalue weighted by atomic mass is 32.2. The number of anilines is 1. The summed E-state index contributed by atoms with van der Waals surface area (Å²) in [5.41, 5.74) is 3.07. The standard InChI is InChI=1S/C33H38N2O5S/c1-22-14-15-23(2)28(16-22)34-30(36)29(24-10-7-6-8-11-24)40-31(37)25-12-9-13-27(17-25)41(38,39)35-21-33(5)19-26(35)18-32(3,4)20-33/h6-17,26,29H,18-21H2,1-5H3,(H,34,36)/t26-,29-,33+/m0/s1. The van der Waals surface area contributed by atoms with Crippen molar-refractivity contribution in [2.24, 2.45) is 10.8 Å². The zero-order valence-electron chi connectivity index (χ0n) is 24.3. The molecule has 3 aromatic rings. The van der Waals surface area contributed by atoms with Gasteiger partial charge in [-0.3, -0.25) is 4.79 Å². The molecule has 1 amide bonds. The number of fused-ring (bicyclic) bond motifs is 2. The van der Waals surface area contributed by atoms with Gasteiger partial charge in [-0.15, -0.1) is 0 Å². The van der Waals surface area contributed by atoms with Crippen LogP contribution in [0, 0.1) is 24.7 Å². The lowest BCUT2D eigenvalue weighted by atomic mass is 9.65. The summed E-state index contributed by atoms with van der Waals surface area (Å²) in [7, 11) is -3.84. The Hall–Kier alpha value is -3.49. The first-order valence-corrected chi connectivity index (χ1v) is 15.5. The molecule has 8 heteroatoms. The first-order valence-electron chi connectivity index (χ1n) is 14.0. The van der Waals surface area contributed by atoms with E-state index in [9.17, 15) is 18.0 Å². The first kappa shape index (κ1) is 29.0. The van der Waals surface area contributed by atoms with Crippen molar-refractivity contribution in [2.75, 3.05) is 11.9 Å². The van der Waals surface area contributed by atoms with Crippen LogP contribution in [0.5, 0.6) is 0 Å². The van der Waals surface area contributed by atoms with Crippen molar-refractivity contribution in [1.82, 2.24) is 4.31 Å². The number of nitrogens with zero attached hydrogens (tertiary/aromatic N) is 1. The zero-order chi connectivity index (χ0) is 29.6. The van der Waals surface area contributed by atoms with Gasteiger partial charge in [-0.05, 0) is 79.3 Å². The monoisotopic (exact) mass is 574 g/mol. The van der Waals surface area contributed by atoms with E-state index in [2.05, 4.69) is 26.1 Å². The fourth-order valence-electron chi connectivity index (χ4n) is 6.75. The Morgan fingerprint density at radius 3 is 2.41 bits per heavy atom. The highest BCUT2D eigenvalue weighted by molar-refractivity contribution is 7.89. The van der Waals surface area contributed by atoms with Crippen LogP contribution >= 0.6 is 0 Å². The molecule has 0 unspecified atom stereocenters. The SMILES string of the molecule is Cc1ccc(C)c(NC(=O)[C@@H](OC(=O)c2cccc(S(=O)(=O)N3C[C@]4(C)C[C@@H]3CC(C)(C)C4)c2)c2ccccc2)c1. The first-order chi connectivity index (χ1) is 19.3. The molecule has 216 valence electrons. The zero-order valence-corrected chi connectivity index (χ0v) is 25.1. The fourth-order valence-corrected chi connectivity index (χ4v) is 8.57. The summed E-state index contributed by atoms with van der Waals surface area (Å²) in [4.78, 5) is 26.9. The van der Waals surface area contributed by atoms with Gasteiger partial charge < -0.3 is 10.1 Å². The van der Waals surface area contributed by atoms with Crippen molar-refractivity contribution in [2.45, 2.75) is 70.9 Å². The van der Waals surface area contributed by atoms with Crippen LogP contribution in [0.4, 0.5) is 5.69 Å². The number of esters is 1. The summed E-state index contributed by atoms with van der Waals surface area (Å²) >= 11 is 0. The number of aryl methyl sites for hydroxylation is 2. The van der Waals surface area contributed by atoms with Crippen molar-refractivity contribution in [1.29, 1.82) is 0 Å². The average Bonchev–Trinajstić information content (AvgIpc) is 3.18. The summed E-state index contributed by atoms with van der Waals surface area (Å²) in [5.74, 6) is -1.28. The minimum atomic E-state index is -3.84. The van der Waals surface area contributed by atoms with Crippen molar-refractivity contribution in [3.05, 3.63) is 95.1 Å². The Morgan fingerprint density at radius 2 is 1.68 bits per heavy atom. The third-order valence-electron chi connectivity index (χ3n) is 8.26. The second kappa shape index (κ2) is 10.7. The van der Waals surface area contributed by atoms with Gasteiger partial charge >= 0.3 is 5.97 Å². The normalized spacial score (nSPS) is 22.6. The molecule has 1 aliphatic carbocycles. The van der Waals surface area contributed by atoms with Crippen molar-refractivity contribution < 1.29 is 22.7 Å². The third-order valence-corrected chi connectivity index (χ3v) is 10.2. The van der Waals surface area contributed by atoms with Crippen LogP contribution in [0.25, 0.3) is 0 Å². The molecule has 1 N–H and O–H groups in total. The predicted molar refractivity (Wildman–Crippen MR) is 159 cm³/mol. The van der Waals surface area contributed by atoms with Crippen LogP contribution in [0.3, 0.4) is 0 Å². The molecule has 3 atom stereocenters. The fraction of sp³-hybridized carbons (Fsp3) is 0.394. The van der Waals surface area contributed by atoms with Gasteiger partial charge in [0.2, 0.25) is 16.1 Å². The predicted octanol–water partition coefficient (Wildman–Crippen LogP) is 6.43. The smallest absolute Gasteiger partial charge is 0.339 e. The lowest BCUT2D eigenvalue weighted by Crippen LogP contribution is -2.37. The quantitative estimate of drug-likeness (QED) is 0.328. The Balaban J connectivity index is 1.40. The third kappa shape index (κ3) is 6.09. The molecule has 1 heterocycles. The lowest BCUT2D eigenvalue weighted by molar-refractivity contribution is -0.125. The van der Waals surface area contributed by atoms with Gasteiger partial charge in [0.05, 0.1) is 10.5 Å². The number of sulfonamides is 1. The van der Waals surface area contributed by atoms with E-state index in [1.54, 1.807) is 34.6 Å². The molecule has 5 rings (SSSR count). The second-order valence-corrected chi connectivity index (χ2v) is 14.7. The van der Waals surface area contributed by atoms with Crippen molar-refractivity contribution in [3.63, 3.8) is 0 Å². The number of hydrogen-bond acceptors (Lipinski definition) is 5. The van der Waals surface area contributed by atoms with Gasteiger partial charge in [0, 0.05) is 23.8 Å². The van der Waals surface area contributed by atoms with E-state index in [-0.39, 0.29) is 27.3 Å². The summed E-state index contributed by atoms with van der Waals surface area (Å²) in [6, 6.07) is 20.4. The number of hydrogen-bond donors (Lipinski definition) is 1. The lowest BCUT2D eigenvalue weighted by Gasteiger charge is -2.39. The van der Waals surface area contributed by atoms with E-state index < -0.39 is 28.0 Å². The van der Waals surface area contributed by atoms with Gasteiger partial charge in [-0.1, -0.05) is 69.3 Å². The minimum Gasteiger partial charge on any atom is -0.444 e. The Bertz CT molecular complexity index is 1580. The Kier molecular flexibility index (Phi) is 7.59. The summed E-state index contributed by atoms with van der Waals surface area (Å²) in [6.45, 7) is 10.8. The molecule has 1 aliphatic heterocycles. The van der Waals surface area contributed by atoms with E-state index in [0.717, 1.165) is 30.4 Å². The van der Waals surface area contributed by atoms with Crippen LogP contribution < -0.4 is 5.32 Å². The molecule has 3 aromatic carbocycles. The number of benzene rings is 3. The largest absolute Gasteiger partial charge is 0.444 e. The minimum absolute atomic E-state index is 0.0528. The summed E-state index contributed by atoms with van der Waals surface area (Å²) in [6.07, 6.45) is 1.38. The van der Waals surface area contributed by atoms with Crippen molar-refractivity contribution >= 4 is 27.6 Å². The molecule has 2 aliphatic rings. The van der Waals surface area contributed by atoms with E-state index in [1.165, 1.54) is 18.2 Å². The maximum absolute atomic E-state index is 13.8. The van der Waals surface area contributed by atoms with Gasteiger partial charge in [0.1, 0.15) is 0 Å². The van der Waals surface area contributed by atoms with Gasteiger partial charge in [-0.25, -0.2) is 13.2 Å². The molecular formula is C33H38N2O5S.